The quantitative estimate of drug-likeness (QED) is 0.742. The van der Waals surface area contributed by atoms with E-state index in [1.165, 1.54) is 6.42 Å². The zero-order chi connectivity index (χ0) is 13.1. The largest absolute Gasteiger partial charge is 0.480 e. The van der Waals surface area contributed by atoms with Crippen molar-refractivity contribution in [3.05, 3.63) is 0 Å². The average molecular weight is 242 g/mol. The Balaban J connectivity index is 2.35. The third-order valence-corrected chi connectivity index (χ3v) is 3.32. The highest BCUT2D eigenvalue weighted by molar-refractivity contribution is 5.73. The van der Waals surface area contributed by atoms with Crippen molar-refractivity contribution in [2.24, 2.45) is 5.41 Å². The van der Waals surface area contributed by atoms with E-state index in [-0.39, 0.29) is 6.04 Å². The summed E-state index contributed by atoms with van der Waals surface area (Å²) in [7, 11) is 0. The molecule has 1 aliphatic heterocycles. The lowest BCUT2D eigenvalue weighted by molar-refractivity contribution is -0.139. The highest BCUT2D eigenvalue weighted by Crippen LogP contribution is 2.28. The van der Waals surface area contributed by atoms with Gasteiger partial charge in [0.25, 0.3) is 0 Å². The molecule has 0 bridgehead atoms. The SMILES string of the molecule is CC(C)NC(CCN1CCC(C)(C)C1)C(=O)O. The van der Waals surface area contributed by atoms with Crippen LogP contribution in [0.25, 0.3) is 0 Å². The number of likely N-dealkylation sites (tertiary alicyclic amines) is 1. The van der Waals surface area contributed by atoms with Crippen LogP contribution < -0.4 is 5.32 Å². The molecule has 0 saturated carbocycles. The molecule has 0 aromatic heterocycles. The lowest BCUT2D eigenvalue weighted by Gasteiger charge is -2.22. The van der Waals surface area contributed by atoms with Crippen LogP contribution in [-0.4, -0.2) is 47.7 Å². The number of nitrogens with zero attached hydrogens (tertiary/aromatic N) is 1. The predicted molar refractivity (Wildman–Crippen MR) is 69.2 cm³/mol. The second-order valence-corrected chi connectivity index (χ2v) is 6.19. The van der Waals surface area contributed by atoms with E-state index in [2.05, 4.69) is 24.1 Å². The van der Waals surface area contributed by atoms with Gasteiger partial charge in [0.15, 0.2) is 0 Å². The highest BCUT2D eigenvalue weighted by atomic mass is 16.4. The smallest absolute Gasteiger partial charge is 0.320 e. The molecule has 2 N–H and O–H groups in total. The van der Waals surface area contributed by atoms with E-state index >= 15 is 0 Å². The fourth-order valence-corrected chi connectivity index (χ4v) is 2.41. The predicted octanol–water partition coefficient (Wildman–Crippen LogP) is 1.56. The summed E-state index contributed by atoms with van der Waals surface area (Å²) in [6.07, 6.45) is 1.89. The van der Waals surface area contributed by atoms with Crippen LogP contribution >= 0.6 is 0 Å². The molecular weight excluding hydrogens is 216 g/mol. The Labute approximate surface area is 104 Å². The highest BCUT2D eigenvalue weighted by Gasteiger charge is 2.29. The maximum atomic E-state index is 11.1. The van der Waals surface area contributed by atoms with Crippen LogP contribution in [0.3, 0.4) is 0 Å². The second-order valence-electron chi connectivity index (χ2n) is 6.19. The molecule has 0 spiro atoms. The molecule has 1 fully saturated rings. The van der Waals surface area contributed by atoms with Gasteiger partial charge in [-0.15, -0.1) is 0 Å². The zero-order valence-electron chi connectivity index (χ0n) is 11.5. The van der Waals surface area contributed by atoms with Crippen molar-refractivity contribution in [1.82, 2.24) is 10.2 Å². The van der Waals surface area contributed by atoms with Gasteiger partial charge >= 0.3 is 5.97 Å². The van der Waals surface area contributed by atoms with Crippen LogP contribution in [0, 0.1) is 5.41 Å². The van der Waals surface area contributed by atoms with Crippen LogP contribution in [0.4, 0.5) is 0 Å². The van der Waals surface area contributed by atoms with Gasteiger partial charge in [0, 0.05) is 19.1 Å². The number of carbonyl (C=O) groups is 1. The lowest BCUT2D eigenvalue weighted by atomic mass is 9.93. The molecule has 0 aromatic carbocycles. The van der Waals surface area contributed by atoms with Gasteiger partial charge in [0.05, 0.1) is 0 Å². The normalized spacial score (nSPS) is 21.9. The van der Waals surface area contributed by atoms with E-state index in [9.17, 15) is 4.79 Å². The van der Waals surface area contributed by atoms with Crippen molar-refractivity contribution < 1.29 is 9.90 Å². The van der Waals surface area contributed by atoms with E-state index in [4.69, 9.17) is 5.11 Å². The minimum atomic E-state index is -0.739. The molecule has 0 aromatic rings. The third kappa shape index (κ3) is 5.04. The molecule has 1 heterocycles. The summed E-state index contributed by atoms with van der Waals surface area (Å²) >= 11 is 0. The summed E-state index contributed by atoms with van der Waals surface area (Å²) < 4.78 is 0. The maximum Gasteiger partial charge on any atom is 0.320 e. The Bertz CT molecular complexity index is 264. The maximum absolute atomic E-state index is 11.1. The molecule has 100 valence electrons. The van der Waals surface area contributed by atoms with Crippen molar-refractivity contribution in [3.8, 4) is 0 Å². The van der Waals surface area contributed by atoms with Crippen LogP contribution in [0.2, 0.25) is 0 Å². The van der Waals surface area contributed by atoms with Gasteiger partial charge in [-0.25, -0.2) is 0 Å². The van der Waals surface area contributed by atoms with Gasteiger partial charge in [0.2, 0.25) is 0 Å². The molecule has 17 heavy (non-hydrogen) atoms. The summed E-state index contributed by atoms with van der Waals surface area (Å²) in [5, 5.41) is 12.2. The van der Waals surface area contributed by atoms with Crippen molar-refractivity contribution in [3.63, 3.8) is 0 Å². The monoisotopic (exact) mass is 242 g/mol. The molecular formula is C13H26N2O2. The molecule has 1 unspecified atom stereocenters. The van der Waals surface area contributed by atoms with E-state index in [0.717, 1.165) is 19.6 Å². The number of aliphatic carboxylic acids is 1. The fourth-order valence-electron chi connectivity index (χ4n) is 2.41. The number of carboxylic acid groups (broad SMARTS) is 1. The molecule has 0 amide bonds. The zero-order valence-corrected chi connectivity index (χ0v) is 11.5. The van der Waals surface area contributed by atoms with Gasteiger partial charge in [-0.2, -0.15) is 0 Å². The molecule has 1 aliphatic rings. The van der Waals surface area contributed by atoms with Crippen LogP contribution in [-0.2, 0) is 4.79 Å². The molecule has 4 nitrogen and oxygen atoms in total. The van der Waals surface area contributed by atoms with Crippen LogP contribution in [0.15, 0.2) is 0 Å². The van der Waals surface area contributed by atoms with Crippen molar-refractivity contribution in [1.29, 1.82) is 0 Å². The second kappa shape index (κ2) is 5.83. The summed E-state index contributed by atoms with van der Waals surface area (Å²) in [4.78, 5) is 13.5. The van der Waals surface area contributed by atoms with Crippen molar-refractivity contribution in [2.45, 2.75) is 52.6 Å². The Morgan fingerprint density at radius 1 is 1.47 bits per heavy atom. The topological polar surface area (TPSA) is 52.6 Å². The first kappa shape index (κ1) is 14.5. The summed E-state index contributed by atoms with van der Waals surface area (Å²) in [6.45, 7) is 11.6. The van der Waals surface area contributed by atoms with Gasteiger partial charge in [-0.1, -0.05) is 27.7 Å². The average Bonchev–Trinajstić information content (AvgIpc) is 2.52. The summed E-state index contributed by atoms with van der Waals surface area (Å²) in [6, 6.07) is -0.204. The number of carboxylic acids is 1. The van der Waals surface area contributed by atoms with Gasteiger partial charge in [0.1, 0.15) is 6.04 Å². The van der Waals surface area contributed by atoms with Crippen LogP contribution in [0.1, 0.15) is 40.5 Å². The first-order valence-corrected chi connectivity index (χ1v) is 6.51. The molecule has 1 rings (SSSR count). The Morgan fingerprint density at radius 3 is 2.53 bits per heavy atom. The molecule has 1 saturated heterocycles. The summed E-state index contributed by atoms with van der Waals surface area (Å²) in [5.74, 6) is -0.739. The van der Waals surface area contributed by atoms with Crippen molar-refractivity contribution >= 4 is 5.97 Å². The number of hydrogen-bond acceptors (Lipinski definition) is 3. The molecule has 0 aliphatic carbocycles. The van der Waals surface area contributed by atoms with Gasteiger partial charge in [-0.05, 0) is 24.8 Å². The van der Waals surface area contributed by atoms with Gasteiger partial charge in [-0.3, -0.25) is 4.79 Å². The molecule has 0 radical (unpaired) electrons. The molecule has 1 atom stereocenters. The Hall–Kier alpha value is -0.610. The van der Waals surface area contributed by atoms with E-state index in [0.29, 0.717) is 11.8 Å². The number of hydrogen-bond donors (Lipinski definition) is 2. The Kier molecular flexibility index (Phi) is 4.95. The van der Waals surface area contributed by atoms with E-state index in [1.54, 1.807) is 0 Å². The summed E-state index contributed by atoms with van der Waals surface area (Å²) in [5.41, 5.74) is 0.393. The first-order chi connectivity index (χ1) is 7.80. The van der Waals surface area contributed by atoms with E-state index < -0.39 is 12.0 Å². The lowest BCUT2D eigenvalue weighted by Crippen LogP contribution is -2.43. The van der Waals surface area contributed by atoms with E-state index in [1.807, 2.05) is 13.8 Å². The number of nitrogens with one attached hydrogen (secondary N) is 1. The minimum Gasteiger partial charge on any atom is -0.480 e. The Morgan fingerprint density at radius 2 is 2.12 bits per heavy atom. The third-order valence-electron chi connectivity index (χ3n) is 3.32. The van der Waals surface area contributed by atoms with Crippen molar-refractivity contribution in [2.75, 3.05) is 19.6 Å². The standard InChI is InChI=1S/C13H26N2O2/c1-10(2)14-11(12(16)17)5-7-15-8-6-13(3,4)9-15/h10-11,14H,5-9H2,1-4H3,(H,16,17). The van der Waals surface area contributed by atoms with Gasteiger partial charge < -0.3 is 15.3 Å². The minimum absolute atomic E-state index is 0.214. The molecule has 4 heteroatoms. The number of rotatable bonds is 6. The van der Waals surface area contributed by atoms with Crippen LogP contribution in [0.5, 0.6) is 0 Å². The first-order valence-electron chi connectivity index (χ1n) is 6.51. The fraction of sp³-hybridized carbons (Fsp3) is 0.923.